The van der Waals surface area contributed by atoms with Crippen LogP contribution >= 0.6 is 0 Å². The zero-order valence-electron chi connectivity index (χ0n) is 15.4. The number of hydrogen-bond donors (Lipinski definition) is 1. The van der Waals surface area contributed by atoms with Gasteiger partial charge in [0.15, 0.2) is 0 Å². The molecular formula is C18H23F3N2O2S. The molecule has 0 aromatic heterocycles. The Bertz CT molecular complexity index is 766. The fraction of sp³-hybridized carbons (Fsp3) is 0.500. The minimum atomic E-state index is -4.59. The van der Waals surface area contributed by atoms with Gasteiger partial charge in [0.2, 0.25) is 0 Å². The maximum absolute atomic E-state index is 13.5. The Morgan fingerprint density at radius 2 is 1.81 bits per heavy atom. The summed E-state index contributed by atoms with van der Waals surface area (Å²) in [5.41, 5.74) is 1.88. The molecule has 26 heavy (non-hydrogen) atoms. The number of hydrogen-bond acceptors (Lipinski definition) is 2. The molecule has 0 saturated carbocycles. The molecule has 8 heteroatoms. The molecule has 0 bridgehead atoms. The number of alkyl halides is 3. The zero-order valence-corrected chi connectivity index (χ0v) is 16.2. The molecule has 1 aromatic carbocycles. The second kappa shape index (κ2) is 7.15. The van der Waals surface area contributed by atoms with Crippen molar-refractivity contribution in [3.8, 4) is 0 Å². The molecule has 0 spiro atoms. The number of anilines is 1. The molecule has 0 radical (unpaired) electrons. The first-order chi connectivity index (χ1) is 11.8. The molecule has 1 aliphatic heterocycles. The molecule has 0 saturated heterocycles. The van der Waals surface area contributed by atoms with Gasteiger partial charge in [-0.15, -0.1) is 0 Å². The van der Waals surface area contributed by atoms with Crippen LogP contribution in [0.4, 0.5) is 18.9 Å². The van der Waals surface area contributed by atoms with E-state index in [1.54, 1.807) is 52.1 Å². The van der Waals surface area contributed by atoms with Crippen LogP contribution in [0.1, 0.15) is 39.7 Å². The highest BCUT2D eigenvalue weighted by Crippen LogP contribution is 2.39. The summed E-state index contributed by atoms with van der Waals surface area (Å²) in [5, 5.41) is 0. The quantitative estimate of drug-likeness (QED) is 0.798. The molecular weight excluding hydrogens is 365 g/mol. The Hall–Kier alpha value is -1.67. The van der Waals surface area contributed by atoms with Crippen LogP contribution in [-0.2, 0) is 15.8 Å². The average Bonchev–Trinajstić information content (AvgIpc) is 2.76. The lowest BCUT2D eigenvalue weighted by Gasteiger charge is -2.26. The van der Waals surface area contributed by atoms with Gasteiger partial charge in [-0.3, -0.25) is 4.79 Å². The van der Waals surface area contributed by atoms with Crippen molar-refractivity contribution in [2.75, 3.05) is 11.9 Å². The Morgan fingerprint density at radius 3 is 2.35 bits per heavy atom. The smallest absolute Gasteiger partial charge is 0.311 e. The largest absolute Gasteiger partial charge is 0.405 e. The van der Waals surface area contributed by atoms with E-state index < -0.39 is 34.4 Å². The Balaban J connectivity index is 2.38. The average molecular weight is 388 g/mol. The molecule has 144 valence electrons. The van der Waals surface area contributed by atoms with Crippen molar-refractivity contribution in [3.05, 3.63) is 35.4 Å². The van der Waals surface area contributed by atoms with Crippen molar-refractivity contribution in [2.24, 2.45) is 0 Å². The van der Waals surface area contributed by atoms with Crippen LogP contribution in [0.5, 0.6) is 0 Å². The van der Waals surface area contributed by atoms with E-state index in [1.165, 1.54) is 11.8 Å². The van der Waals surface area contributed by atoms with Crippen molar-refractivity contribution < 1.29 is 22.2 Å². The van der Waals surface area contributed by atoms with Gasteiger partial charge >= 0.3 is 6.18 Å². The SMILES string of the molecule is C/C(C[C@H](NS(=O)C(C)(C)C)C(F)(F)F)=C1/C(=O)N(C)c2ccccc21. The summed E-state index contributed by atoms with van der Waals surface area (Å²) < 4.78 is 53.9. The van der Waals surface area contributed by atoms with Gasteiger partial charge in [0.25, 0.3) is 5.91 Å². The van der Waals surface area contributed by atoms with Crippen LogP contribution in [0, 0.1) is 0 Å². The minimum absolute atomic E-state index is 0.278. The number of benzene rings is 1. The number of carbonyl (C=O) groups is 1. The lowest BCUT2D eigenvalue weighted by molar-refractivity contribution is -0.150. The van der Waals surface area contributed by atoms with Crippen molar-refractivity contribution in [3.63, 3.8) is 0 Å². The Labute approximate surface area is 154 Å². The number of nitrogens with zero attached hydrogens (tertiary/aromatic N) is 1. The molecule has 0 fully saturated rings. The highest BCUT2D eigenvalue weighted by atomic mass is 32.2. The Morgan fingerprint density at radius 1 is 1.23 bits per heavy atom. The van der Waals surface area contributed by atoms with Crippen molar-refractivity contribution in [1.29, 1.82) is 0 Å². The minimum Gasteiger partial charge on any atom is -0.311 e. The van der Waals surface area contributed by atoms with Gasteiger partial charge in [-0.25, -0.2) is 8.93 Å². The number of nitrogens with one attached hydrogen (secondary N) is 1. The fourth-order valence-corrected chi connectivity index (χ4v) is 3.55. The maximum atomic E-state index is 13.5. The van der Waals surface area contributed by atoms with Gasteiger partial charge < -0.3 is 4.90 Å². The monoisotopic (exact) mass is 388 g/mol. The summed E-state index contributed by atoms with van der Waals surface area (Å²) in [4.78, 5) is 14.0. The number of rotatable bonds is 4. The van der Waals surface area contributed by atoms with E-state index >= 15 is 0 Å². The molecule has 1 heterocycles. The van der Waals surface area contributed by atoms with Crippen LogP contribution in [-0.4, -0.2) is 34.1 Å². The highest BCUT2D eigenvalue weighted by molar-refractivity contribution is 7.84. The van der Waals surface area contributed by atoms with Crippen LogP contribution in [0.25, 0.3) is 5.57 Å². The molecule has 1 N–H and O–H groups in total. The number of carbonyl (C=O) groups excluding carboxylic acids is 1. The van der Waals surface area contributed by atoms with E-state index in [0.717, 1.165) is 0 Å². The Kier molecular flexibility index (Phi) is 5.68. The predicted octanol–water partition coefficient (Wildman–Crippen LogP) is 3.81. The van der Waals surface area contributed by atoms with E-state index in [4.69, 9.17) is 0 Å². The summed E-state index contributed by atoms with van der Waals surface area (Å²) in [7, 11) is -0.288. The third kappa shape index (κ3) is 4.17. The number of likely N-dealkylation sites (N-methyl/N-ethyl adjacent to an activating group) is 1. The van der Waals surface area contributed by atoms with Gasteiger partial charge in [-0.2, -0.15) is 13.2 Å². The van der Waals surface area contributed by atoms with Crippen LogP contribution < -0.4 is 9.62 Å². The van der Waals surface area contributed by atoms with Gasteiger partial charge in [0.1, 0.15) is 6.04 Å². The summed E-state index contributed by atoms with van der Waals surface area (Å²) in [5.74, 6) is -0.332. The molecule has 1 aromatic rings. The van der Waals surface area contributed by atoms with Crippen molar-refractivity contribution in [1.82, 2.24) is 4.72 Å². The third-order valence-electron chi connectivity index (χ3n) is 4.19. The number of para-hydroxylation sites is 1. The van der Waals surface area contributed by atoms with Gasteiger partial charge in [0.05, 0.1) is 21.4 Å². The number of amides is 1. The zero-order chi connectivity index (χ0) is 19.9. The normalized spacial score (nSPS) is 19.4. The summed E-state index contributed by atoms with van der Waals surface area (Å²) in [6, 6.07) is 4.99. The standard InChI is InChI=1S/C18H23F3N2O2S/c1-11(10-14(18(19,20)21)22-26(25)17(2,3)4)15-12-8-6-7-9-13(12)23(5)16(15)24/h6-9,14,22H,10H2,1-5H3/b15-11-/t14-,26?/m0/s1. The molecule has 0 aliphatic carbocycles. The first-order valence-corrected chi connectivity index (χ1v) is 9.31. The second-order valence-electron chi connectivity index (χ2n) is 7.33. The van der Waals surface area contributed by atoms with Crippen molar-refractivity contribution >= 4 is 28.2 Å². The highest BCUT2D eigenvalue weighted by Gasteiger charge is 2.43. The molecule has 1 amide bonds. The molecule has 2 atom stereocenters. The topological polar surface area (TPSA) is 49.4 Å². The summed E-state index contributed by atoms with van der Waals surface area (Å²) in [6.07, 6.45) is -5.04. The van der Waals surface area contributed by atoms with Gasteiger partial charge in [-0.05, 0) is 40.2 Å². The van der Waals surface area contributed by atoms with Crippen LogP contribution in [0.2, 0.25) is 0 Å². The van der Waals surface area contributed by atoms with Gasteiger partial charge in [-0.1, -0.05) is 23.8 Å². The molecule has 2 rings (SSSR count). The van der Waals surface area contributed by atoms with Crippen LogP contribution in [0.15, 0.2) is 29.8 Å². The number of fused-ring (bicyclic) bond motifs is 1. The van der Waals surface area contributed by atoms with E-state index in [-0.39, 0.29) is 11.5 Å². The second-order valence-corrected chi connectivity index (χ2v) is 9.33. The van der Waals surface area contributed by atoms with E-state index in [9.17, 15) is 22.2 Å². The molecule has 1 unspecified atom stereocenters. The summed E-state index contributed by atoms with van der Waals surface area (Å²) in [6.45, 7) is 6.31. The van der Waals surface area contributed by atoms with Crippen molar-refractivity contribution in [2.45, 2.75) is 51.1 Å². The van der Waals surface area contributed by atoms with E-state index in [0.29, 0.717) is 16.8 Å². The van der Waals surface area contributed by atoms with E-state index in [2.05, 4.69) is 4.72 Å². The third-order valence-corrected chi connectivity index (χ3v) is 5.80. The van der Waals surface area contributed by atoms with E-state index in [1.807, 2.05) is 0 Å². The fourth-order valence-electron chi connectivity index (χ4n) is 2.72. The first-order valence-electron chi connectivity index (χ1n) is 8.16. The molecule has 1 aliphatic rings. The predicted molar refractivity (Wildman–Crippen MR) is 97.9 cm³/mol. The lowest BCUT2D eigenvalue weighted by atomic mass is 9.97. The first kappa shape index (κ1) is 20.6. The van der Waals surface area contributed by atoms with Crippen LogP contribution in [0.3, 0.4) is 0 Å². The van der Waals surface area contributed by atoms with Gasteiger partial charge in [0, 0.05) is 18.2 Å². The number of halogens is 3. The lowest BCUT2D eigenvalue weighted by Crippen LogP contribution is -2.47. The maximum Gasteiger partial charge on any atom is 0.405 e. The summed E-state index contributed by atoms with van der Waals surface area (Å²) >= 11 is 0. The molecule has 4 nitrogen and oxygen atoms in total.